The predicted molar refractivity (Wildman–Crippen MR) is 113 cm³/mol. The molecule has 2 aromatic rings. The summed E-state index contributed by atoms with van der Waals surface area (Å²) in [6, 6.07) is 9.32. The summed E-state index contributed by atoms with van der Waals surface area (Å²) in [5.74, 6) is 1.13. The summed E-state index contributed by atoms with van der Waals surface area (Å²) in [5, 5.41) is 5.21. The van der Waals surface area contributed by atoms with Crippen LogP contribution >= 0.6 is 47.2 Å². The van der Waals surface area contributed by atoms with Crippen molar-refractivity contribution in [2.24, 2.45) is 0 Å². The van der Waals surface area contributed by atoms with Crippen LogP contribution in [0, 0.1) is 0 Å². The molecule has 0 spiro atoms. The van der Waals surface area contributed by atoms with E-state index in [4.69, 9.17) is 44.3 Å². The summed E-state index contributed by atoms with van der Waals surface area (Å²) in [4.78, 5) is 0. The van der Waals surface area contributed by atoms with Crippen LogP contribution in [0.1, 0.15) is 11.1 Å². The van der Waals surface area contributed by atoms with Gasteiger partial charge in [-0.25, -0.2) is 0 Å². The Hall–Kier alpha value is -1.10. The Morgan fingerprint density at radius 1 is 1.12 bits per heavy atom. The number of halogens is 4. The molecule has 0 atom stereocenters. The first kappa shape index (κ1) is 22.9. The van der Waals surface area contributed by atoms with E-state index in [1.165, 1.54) is 0 Å². The number of benzene rings is 2. The third-order valence-corrected chi connectivity index (χ3v) is 4.42. The summed E-state index contributed by atoms with van der Waals surface area (Å²) < 4.78 is 10.9. The number of methoxy groups -OCH3 is 1. The summed E-state index contributed by atoms with van der Waals surface area (Å²) in [7, 11) is 1.59. The second-order valence-electron chi connectivity index (χ2n) is 5.37. The molecular weight excluding hydrogens is 416 g/mol. The number of hydrogen-bond acceptors (Lipinski definition) is 3. The number of ether oxygens (including phenoxy) is 2. The highest BCUT2D eigenvalue weighted by Gasteiger charge is 2.11. The van der Waals surface area contributed by atoms with E-state index in [-0.39, 0.29) is 12.4 Å². The summed E-state index contributed by atoms with van der Waals surface area (Å²) >= 11 is 18.4. The Morgan fingerprint density at radius 2 is 1.88 bits per heavy atom. The molecule has 0 saturated heterocycles. The third-order valence-electron chi connectivity index (χ3n) is 3.55. The molecule has 3 nitrogen and oxygen atoms in total. The van der Waals surface area contributed by atoms with Gasteiger partial charge in [-0.05, 0) is 48.4 Å². The molecule has 0 fully saturated rings. The second-order valence-corrected chi connectivity index (χ2v) is 6.62. The molecule has 0 saturated carbocycles. The molecule has 2 rings (SSSR count). The fourth-order valence-corrected chi connectivity index (χ4v) is 3.13. The van der Waals surface area contributed by atoms with Crippen molar-refractivity contribution >= 4 is 47.2 Å². The standard InChI is InChI=1S/C19H20Cl3NO2.ClH/c1-3-8-25-19-17(22)9-13(10-18(19)24-2)12-23-7-6-14-4-5-15(20)11-16(14)21;/h3-5,9-11,23H,1,6-8,12H2,2H3;1H. The molecule has 0 aliphatic rings. The van der Waals surface area contributed by atoms with Gasteiger partial charge in [0.15, 0.2) is 11.5 Å². The molecule has 2 aromatic carbocycles. The largest absolute Gasteiger partial charge is 0.493 e. The quantitative estimate of drug-likeness (QED) is 0.387. The van der Waals surface area contributed by atoms with Gasteiger partial charge >= 0.3 is 0 Å². The third kappa shape index (κ3) is 6.57. The maximum Gasteiger partial charge on any atom is 0.180 e. The Bertz CT molecular complexity index is 738. The van der Waals surface area contributed by atoms with Gasteiger partial charge in [-0.1, -0.05) is 53.5 Å². The van der Waals surface area contributed by atoms with Crippen LogP contribution in [-0.4, -0.2) is 20.3 Å². The van der Waals surface area contributed by atoms with Gasteiger partial charge in [-0.2, -0.15) is 0 Å². The van der Waals surface area contributed by atoms with Crippen molar-refractivity contribution in [2.75, 3.05) is 20.3 Å². The van der Waals surface area contributed by atoms with Gasteiger partial charge in [0, 0.05) is 16.6 Å². The van der Waals surface area contributed by atoms with Crippen molar-refractivity contribution in [2.45, 2.75) is 13.0 Å². The summed E-state index contributed by atoms with van der Waals surface area (Å²) in [6.07, 6.45) is 2.47. The normalized spacial score (nSPS) is 10.2. The molecular formula is C19H21Cl4NO2. The zero-order valence-corrected chi connectivity index (χ0v) is 17.4. The van der Waals surface area contributed by atoms with Gasteiger partial charge in [0.05, 0.1) is 12.1 Å². The molecule has 0 amide bonds. The molecule has 0 unspecified atom stereocenters. The second kappa shape index (κ2) is 11.6. The average Bonchev–Trinajstić information content (AvgIpc) is 2.58. The van der Waals surface area contributed by atoms with Crippen molar-refractivity contribution < 1.29 is 9.47 Å². The van der Waals surface area contributed by atoms with Crippen LogP contribution in [0.3, 0.4) is 0 Å². The topological polar surface area (TPSA) is 30.5 Å². The SMILES string of the molecule is C=CCOc1c(Cl)cc(CNCCc2ccc(Cl)cc2Cl)cc1OC.Cl. The van der Waals surface area contributed by atoms with Crippen molar-refractivity contribution in [3.8, 4) is 11.5 Å². The fourth-order valence-electron chi connectivity index (χ4n) is 2.34. The van der Waals surface area contributed by atoms with Crippen molar-refractivity contribution in [3.05, 3.63) is 69.2 Å². The molecule has 0 aromatic heterocycles. The average molecular weight is 437 g/mol. The van der Waals surface area contributed by atoms with Crippen LogP contribution in [0.15, 0.2) is 43.0 Å². The van der Waals surface area contributed by atoms with Crippen LogP contribution in [0.4, 0.5) is 0 Å². The molecule has 142 valence electrons. The Balaban J connectivity index is 0.00000338. The zero-order chi connectivity index (χ0) is 18.2. The van der Waals surface area contributed by atoms with E-state index in [2.05, 4.69) is 11.9 Å². The van der Waals surface area contributed by atoms with Gasteiger partial charge in [0.25, 0.3) is 0 Å². The zero-order valence-electron chi connectivity index (χ0n) is 14.4. The van der Waals surface area contributed by atoms with Crippen LogP contribution in [0.2, 0.25) is 15.1 Å². The molecule has 0 aliphatic carbocycles. The minimum absolute atomic E-state index is 0. The fraction of sp³-hybridized carbons (Fsp3) is 0.263. The van der Waals surface area contributed by atoms with Crippen LogP contribution in [0.5, 0.6) is 11.5 Å². The molecule has 7 heteroatoms. The van der Waals surface area contributed by atoms with Crippen molar-refractivity contribution in [3.63, 3.8) is 0 Å². The van der Waals surface area contributed by atoms with E-state index in [1.807, 2.05) is 24.3 Å². The molecule has 0 bridgehead atoms. The molecule has 0 heterocycles. The predicted octanol–water partition coefficient (Wildman–Crippen LogP) is 5.97. The molecule has 1 N–H and O–H groups in total. The molecule has 0 radical (unpaired) electrons. The van der Waals surface area contributed by atoms with E-state index in [9.17, 15) is 0 Å². The number of hydrogen-bond donors (Lipinski definition) is 1. The van der Waals surface area contributed by atoms with Gasteiger partial charge in [-0.15, -0.1) is 12.4 Å². The molecule has 26 heavy (non-hydrogen) atoms. The summed E-state index contributed by atoms with van der Waals surface area (Å²) in [5.41, 5.74) is 2.07. The molecule has 0 aliphatic heterocycles. The van der Waals surface area contributed by atoms with Crippen molar-refractivity contribution in [1.29, 1.82) is 0 Å². The monoisotopic (exact) mass is 435 g/mol. The Kier molecular flexibility index (Phi) is 10.2. The lowest BCUT2D eigenvalue weighted by Crippen LogP contribution is -2.17. The first-order valence-corrected chi connectivity index (χ1v) is 8.93. The van der Waals surface area contributed by atoms with E-state index in [0.717, 1.165) is 24.1 Å². The van der Waals surface area contributed by atoms with E-state index >= 15 is 0 Å². The highest BCUT2D eigenvalue weighted by Crippen LogP contribution is 2.36. The van der Waals surface area contributed by atoms with Crippen LogP contribution in [-0.2, 0) is 13.0 Å². The van der Waals surface area contributed by atoms with E-state index in [0.29, 0.717) is 39.7 Å². The lowest BCUT2D eigenvalue weighted by molar-refractivity contribution is 0.326. The smallest absolute Gasteiger partial charge is 0.180 e. The first-order chi connectivity index (χ1) is 12.0. The van der Waals surface area contributed by atoms with Gasteiger partial charge < -0.3 is 14.8 Å². The maximum absolute atomic E-state index is 6.30. The van der Waals surface area contributed by atoms with Crippen LogP contribution < -0.4 is 14.8 Å². The van der Waals surface area contributed by atoms with Crippen LogP contribution in [0.25, 0.3) is 0 Å². The Labute approximate surface area is 175 Å². The number of rotatable bonds is 9. The van der Waals surface area contributed by atoms with Gasteiger partial charge in [-0.3, -0.25) is 0 Å². The van der Waals surface area contributed by atoms with E-state index in [1.54, 1.807) is 19.3 Å². The maximum atomic E-state index is 6.30. The minimum atomic E-state index is 0. The lowest BCUT2D eigenvalue weighted by atomic mass is 10.1. The number of nitrogens with one attached hydrogen (secondary N) is 1. The lowest BCUT2D eigenvalue weighted by Gasteiger charge is -2.14. The Morgan fingerprint density at radius 3 is 2.54 bits per heavy atom. The highest BCUT2D eigenvalue weighted by atomic mass is 35.5. The summed E-state index contributed by atoms with van der Waals surface area (Å²) in [6.45, 7) is 5.43. The van der Waals surface area contributed by atoms with E-state index < -0.39 is 0 Å². The highest BCUT2D eigenvalue weighted by molar-refractivity contribution is 6.35. The minimum Gasteiger partial charge on any atom is -0.493 e. The first-order valence-electron chi connectivity index (χ1n) is 7.80. The van der Waals surface area contributed by atoms with Gasteiger partial charge in [0.1, 0.15) is 6.61 Å². The van der Waals surface area contributed by atoms with Crippen molar-refractivity contribution in [1.82, 2.24) is 5.32 Å². The van der Waals surface area contributed by atoms with Gasteiger partial charge in [0.2, 0.25) is 0 Å².